The van der Waals surface area contributed by atoms with E-state index in [1.807, 2.05) is 6.92 Å². The number of fused-ring (bicyclic) bond motifs is 5. The first-order valence-corrected chi connectivity index (χ1v) is 16.5. The summed E-state index contributed by atoms with van der Waals surface area (Å²) in [5, 5.41) is 52.1. The van der Waals surface area contributed by atoms with Crippen molar-refractivity contribution in [1.82, 2.24) is 0 Å². The lowest BCUT2D eigenvalue weighted by atomic mass is 9.46. The largest absolute Gasteiger partial charge is 0.458 e. The van der Waals surface area contributed by atoms with Gasteiger partial charge < -0.3 is 39.7 Å². The van der Waals surface area contributed by atoms with Crippen LogP contribution >= 0.6 is 0 Å². The Morgan fingerprint density at radius 1 is 1.02 bits per heavy atom. The highest BCUT2D eigenvalue weighted by molar-refractivity contribution is 5.89. The lowest BCUT2D eigenvalue weighted by molar-refractivity contribution is -0.315. The molecule has 1 saturated heterocycles. The van der Waals surface area contributed by atoms with E-state index in [1.54, 1.807) is 0 Å². The van der Waals surface area contributed by atoms with Crippen LogP contribution < -0.4 is 0 Å². The summed E-state index contributed by atoms with van der Waals surface area (Å²) in [6, 6.07) is 0. The van der Waals surface area contributed by atoms with Gasteiger partial charge in [0.25, 0.3) is 0 Å². The summed E-state index contributed by atoms with van der Waals surface area (Å²) in [5.41, 5.74) is 2.91. The minimum Gasteiger partial charge on any atom is -0.458 e. The van der Waals surface area contributed by atoms with Crippen LogP contribution in [0, 0.1) is 40.4 Å². The van der Waals surface area contributed by atoms with Crippen molar-refractivity contribution in [3.05, 3.63) is 22.8 Å². The molecule has 6 aliphatic rings. The molecule has 0 amide bonds. The molecule has 0 aromatic heterocycles. The molecule has 5 N–H and O–H groups in total. The predicted molar refractivity (Wildman–Crippen MR) is 157 cm³/mol. The summed E-state index contributed by atoms with van der Waals surface area (Å²) in [4.78, 5) is 12.5. The molecule has 0 aromatic carbocycles. The highest BCUT2D eigenvalue weighted by atomic mass is 16.7. The molecule has 0 radical (unpaired) electrons. The number of cyclic esters (lactones) is 1. The lowest BCUT2D eigenvalue weighted by Crippen LogP contribution is -2.60. The zero-order valence-electron chi connectivity index (χ0n) is 26.3. The van der Waals surface area contributed by atoms with Crippen molar-refractivity contribution in [1.29, 1.82) is 0 Å². The van der Waals surface area contributed by atoms with Crippen LogP contribution in [0.2, 0.25) is 0 Å². The van der Waals surface area contributed by atoms with Crippen LogP contribution in [0.1, 0.15) is 86.0 Å². The van der Waals surface area contributed by atoms with E-state index in [0.29, 0.717) is 42.4 Å². The van der Waals surface area contributed by atoms with Gasteiger partial charge in [0.2, 0.25) is 0 Å². The SMILES string of the molecule is CC1=C(C)C(=O)OC(C(C)C2CCC3C4CC=C5CC(OC6OC(CO)C(O)C(O)C6O)CC(O)C5(C)C4CCC23C)C1. The van der Waals surface area contributed by atoms with Crippen molar-refractivity contribution < 1.29 is 44.5 Å². The zero-order chi connectivity index (χ0) is 31.0. The first-order chi connectivity index (χ1) is 20.3. The van der Waals surface area contributed by atoms with Gasteiger partial charge in [-0.3, -0.25) is 0 Å². The molecule has 4 aliphatic carbocycles. The molecule has 4 fully saturated rings. The highest BCUT2D eigenvalue weighted by Gasteiger charge is 2.62. The second-order valence-corrected chi connectivity index (χ2v) is 15.2. The molecule has 0 bridgehead atoms. The van der Waals surface area contributed by atoms with Crippen LogP contribution in [0.15, 0.2) is 22.8 Å². The van der Waals surface area contributed by atoms with Crippen LogP contribution in [0.3, 0.4) is 0 Å². The van der Waals surface area contributed by atoms with Gasteiger partial charge in [-0.1, -0.05) is 38.0 Å². The molecule has 9 nitrogen and oxygen atoms in total. The standard InChI is InChI=1S/C34H52O9/c1-16-12-25(42-31(40)17(16)2)18(3)22-8-9-23-21-7-6-19-13-20(41-32-30(39)29(38)28(37)26(15-35)43-32)14-27(36)34(19,5)24(21)10-11-33(22,23)4/h6,18,20-30,32,35-39H,7-15H2,1-5H3. The molecule has 6 rings (SSSR count). The number of hydrogen-bond donors (Lipinski definition) is 5. The van der Waals surface area contributed by atoms with Crippen LogP contribution in [0.4, 0.5) is 0 Å². The summed E-state index contributed by atoms with van der Waals surface area (Å²) in [6.07, 6.45) is 1.84. The maximum Gasteiger partial charge on any atom is 0.333 e. The van der Waals surface area contributed by atoms with Crippen molar-refractivity contribution in [3.63, 3.8) is 0 Å². The van der Waals surface area contributed by atoms with E-state index in [0.717, 1.165) is 43.3 Å². The molecule has 2 aliphatic heterocycles. The monoisotopic (exact) mass is 604 g/mol. The van der Waals surface area contributed by atoms with E-state index in [9.17, 15) is 30.3 Å². The van der Waals surface area contributed by atoms with Gasteiger partial charge in [0.05, 0.1) is 18.8 Å². The average Bonchev–Trinajstić information content (AvgIpc) is 3.33. The van der Waals surface area contributed by atoms with E-state index in [2.05, 4.69) is 33.8 Å². The Morgan fingerprint density at radius 2 is 1.77 bits per heavy atom. The Kier molecular flexibility index (Phi) is 8.45. The number of rotatable bonds is 5. The Labute approximate surface area is 255 Å². The quantitative estimate of drug-likeness (QED) is 0.236. The molecule has 15 atom stereocenters. The van der Waals surface area contributed by atoms with Gasteiger partial charge in [0.1, 0.15) is 30.5 Å². The van der Waals surface area contributed by atoms with Crippen LogP contribution in [0.25, 0.3) is 0 Å². The number of carbonyl (C=O) groups is 1. The summed E-state index contributed by atoms with van der Waals surface area (Å²) >= 11 is 0. The van der Waals surface area contributed by atoms with E-state index < -0.39 is 49.5 Å². The molecule has 0 spiro atoms. The van der Waals surface area contributed by atoms with E-state index in [4.69, 9.17) is 14.2 Å². The molecular formula is C34H52O9. The second kappa shape index (κ2) is 11.5. The molecule has 2 heterocycles. The Hall–Kier alpha value is -1.33. The minimum absolute atomic E-state index is 0.0642. The van der Waals surface area contributed by atoms with Crippen molar-refractivity contribution in [2.75, 3.05) is 6.61 Å². The molecule has 0 aromatic rings. The number of allylic oxidation sites excluding steroid dienone is 1. The van der Waals surface area contributed by atoms with E-state index >= 15 is 0 Å². The van der Waals surface area contributed by atoms with Crippen LogP contribution in [0.5, 0.6) is 0 Å². The number of esters is 1. The van der Waals surface area contributed by atoms with Gasteiger partial charge >= 0.3 is 5.97 Å². The van der Waals surface area contributed by atoms with Gasteiger partial charge in [0.15, 0.2) is 6.29 Å². The van der Waals surface area contributed by atoms with E-state index in [1.165, 1.54) is 12.0 Å². The van der Waals surface area contributed by atoms with Gasteiger partial charge in [-0.05, 0) is 87.4 Å². The van der Waals surface area contributed by atoms with E-state index in [-0.39, 0.29) is 22.9 Å². The molecular weight excluding hydrogens is 552 g/mol. The van der Waals surface area contributed by atoms with Gasteiger partial charge in [-0.25, -0.2) is 4.79 Å². The Bertz CT molecular complexity index is 1150. The highest BCUT2D eigenvalue weighted by Crippen LogP contribution is 2.67. The average molecular weight is 605 g/mol. The van der Waals surface area contributed by atoms with Gasteiger partial charge in [-0.15, -0.1) is 0 Å². The third-order valence-electron chi connectivity index (χ3n) is 13.3. The zero-order valence-corrected chi connectivity index (χ0v) is 26.3. The predicted octanol–water partition coefficient (Wildman–Crippen LogP) is 3.01. The van der Waals surface area contributed by atoms with Crippen molar-refractivity contribution in [2.45, 2.75) is 135 Å². The van der Waals surface area contributed by atoms with Gasteiger partial charge in [-0.2, -0.15) is 0 Å². The molecule has 9 heteroatoms. The second-order valence-electron chi connectivity index (χ2n) is 15.2. The first-order valence-electron chi connectivity index (χ1n) is 16.5. The fourth-order valence-electron chi connectivity index (χ4n) is 10.5. The van der Waals surface area contributed by atoms with Crippen LogP contribution in [-0.4, -0.2) is 87.1 Å². The molecule has 242 valence electrons. The Morgan fingerprint density at radius 3 is 2.47 bits per heavy atom. The maximum atomic E-state index is 12.5. The lowest BCUT2D eigenvalue weighted by Gasteiger charge is -2.60. The summed E-state index contributed by atoms with van der Waals surface area (Å²) in [6.45, 7) is 10.4. The molecule has 43 heavy (non-hydrogen) atoms. The maximum absolute atomic E-state index is 12.5. The normalized spacial score (nSPS) is 50.7. The smallest absolute Gasteiger partial charge is 0.333 e. The van der Waals surface area contributed by atoms with Crippen molar-refractivity contribution in [2.24, 2.45) is 40.4 Å². The van der Waals surface area contributed by atoms with Crippen molar-refractivity contribution >= 4 is 5.97 Å². The van der Waals surface area contributed by atoms with Gasteiger partial charge in [0, 0.05) is 23.8 Å². The number of aliphatic hydroxyl groups excluding tert-OH is 5. The number of aliphatic hydroxyl groups is 5. The molecule has 3 saturated carbocycles. The fourth-order valence-corrected chi connectivity index (χ4v) is 10.5. The fraction of sp³-hybridized carbons (Fsp3) is 0.853. The topological polar surface area (TPSA) is 146 Å². The third-order valence-corrected chi connectivity index (χ3v) is 13.3. The minimum atomic E-state index is -1.49. The third kappa shape index (κ3) is 4.97. The summed E-state index contributed by atoms with van der Waals surface area (Å²) in [5.74, 6) is 2.03. The number of hydrogen-bond acceptors (Lipinski definition) is 9. The van der Waals surface area contributed by atoms with Crippen LogP contribution in [-0.2, 0) is 19.0 Å². The van der Waals surface area contributed by atoms with Crippen molar-refractivity contribution in [3.8, 4) is 0 Å². The molecule has 15 unspecified atom stereocenters. The number of carbonyl (C=O) groups excluding carboxylic acids is 1. The summed E-state index contributed by atoms with van der Waals surface area (Å²) in [7, 11) is 0. The number of ether oxygens (including phenoxy) is 3. The first kappa shape index (κ1) is 31.6. The summed E-state index contributed by atoms with van der Waals surface area (Å²) < 4.78 is 17.7. The Balaban J connectivity index is 1.17.